The number of aliphatic hydroxyl groups is 1. The highest BCUT2D eigenvalue weighted by Gasteiger charge is 2.21. The van der Waals surface area contributed by atoms with Crippen LogP contribution in [-0.4, -0.2) is 52.6 Å². The summed E-state index contributed by atoms with van der Waals surface area (Å²) in [6.45, 7) is 3.52. The number of piperidine rings is 1. The second-order valence-corrected chi connectivity index (χ2v) is 6.19. The van der Waals surface area contributed by atoms with Gasteiger partial charge in [0, 0.05) is 26.3 Å². The van der Waals surface area contributed by atoms with E-state index in [0.29, 0.717) is 31.4 Å². The largest absolute Gasteiger partial charge is 0.396 e. The van der Waals surface area contributed by atoms with Crippen molar-refractivity contribution >= 4 is 0 Å². The molecule has 1 fully saturated rings. The van der Waals surface area contributed by atoms with Crippen LogP contribution in [0.4, 0.5) is 0 Å². The molecule has 1 N–H and O–H groups in total. The SMILES string of the molecule is OCCCOC1CCN(Cc2noc(Cc3ccccc3)n2)CC1. The van der Waals surface area contributed by atoms with E-state index >= 15 is 0 Å². The zero-order chi connectivity index (χ0) is 16.6. The Morgan fingerprint density at radius 1 is 1.21 bits per heavy atom. The molecular weight excluding hydrogens is 306 g/mol. The second-order valence-electron chi connectivity index (χ2n) is 6.19. The molecule has 1 aliphatic heterocycles. The predicted molar refractivity (Wildman–Crippen MR) is 89.5 cm³/mol. The summed E-state index contributed by atoms with van der Waals surface area (Å²) in [7, 11) is 0. The first-order valence-corrected chi connectivity index (χ1v) is 8.63. The van der Waals surface area contributed by atoms with E-state index in [-0.39, 0.29) is 6.61 Å². The van der Waals surface area contributed by atoms with Crippen molar-refractivity contribution in [2.45, 2.75) is 38.3 Å². The van der Waals surface area contributed by atoms with Gasteiger partial charge in [-0.05, 0) is 24.8 Å². The third-order valence-electron chi connectivity index (χ3n) is 4.26. The Balaban J connectivity index is 1.43. The van der Waals surface area contributed by atoms with E-state index in [9.17, 15) is 0 Å². The normalized spacial score (nSPS) is 16.5. The van der Waals surface area contributed by atoms with Crippen LogP contribution in [0.25, 0.3) is 0 Å². The molecule has 1 aromatic heterocycles. The highest BCUT2D eigenvalue weighted by atomic mass is 16.5. The van der Waals surface area contributed by atoms with Crippen LogP contribution in [0.3, 0.4) is 0 Å². The lowest BCUT2D eigenvalue weighted by atomic mass is 10.1. The molecule has 0 saturated carbocycles. The number of hydrogen-bond donors (Lipinski definition) is 1. The molecule has 2 aromatic rings. The standard InChI is InChI=1S/C18H25N3O3/c22-11-4-12-23-16-7-9-21(10-8-16)14-17-19-18(24-20-17)13-15-5-2-1-3-6-15/h1-3,5-6,16,22H,4,7-14H2. The minimum atomic E-state index is 0.196. The highest BCUT2D eigenvalue weighted by Crippen LogP contribution is 2.16. The van der Waals surface area contributed by atoms with Gasteiger partial charge in [-0.15, -0.1) is 0 Å². The Hall–Kier alpha value is -1.76. The van der Waals surface area contributed by atoms with E-state index in [1.165, 1.54) is 5.56 Å². The molecule has 24 heavy (non-hydrogen) atoms. The lowest BCUT2D eigenvalue weighted by molar-refractivity contribution is 0.000252. The van der Waals surface area contributed by atoms with Crippen LogP contribution in [0.1, 0.15) is 36.5 Å². The zero-order valence-electron chi connectivity index (χ0n) is 13.9. The third-order valence-corrected chi connectivity index (χ3v) is 4.26. The Morgan fingerprint density at radius 2 is 2.00 bits per heavy atom. The Morgan fingerprint density at radius 3 is 2.75 bits per heavy atom. The lowest BCUT2D eigenvalue weighted by Gasteiger charge is -2.30. The topological polar surface area (TPSA) is 71.6 Å². The summed E-state index contributed by atoms with van der Waals surface area (Å²) in [6.07, 6.45) is 3.73. The predicted octanol–water partition coefficient (Wildman–Crippen LogP) is 2.02. The average molecular weight is 331 g/mol. The summed E-state index contributed by atoms with van der Waals surface area (Å²) in [5.74, 6) is 1.42. The van der Waals surface area contributed by atoms with Crippen LogP contribution in [0, 0.1) is 0 Å². The van der Waals surface area contributed by atoms with Crippen molar-refractivity contribution in [2.75, 3.05) is 26.3 Å². The number of nitrogens with zero attached hydrogens (tertiary/aromatic N) is 3. The number of ether oxygens (including phenoxy) is 1. The van der Waals surface area contributed by atoms with Crippen molar-refractivity contribution in [3.05, 3.63) is 47.6 Å². The summed E-state index contributed by atoms with van der Waals surface area (Å²) >= 11 is 0. The monoisotopic (exact) mass is 331 g/mol. The van der Waals surface area contributed by atoms with E-state index in [0.717, 1.165) is 38.3 Å². The van der Waals surface area contributed by atoms with Crippen LogP contribution < -0.4 is 0 Å². The van der Waals surface area contributed by atoms with Crippen LogP contribution in [-0.2, 0) is 17.7 Å². The molecule has 130 valence electrons. The molecule has 3 rings (SSSR count). The molecule has 0 spiro atoms. The fraction of sp³-hybridized carbons (Fsp3) is 0.556. The molecule has 6 nitrogen and oxygen atoms in total. The van der Waals surface area contributed by atoms with E-state index in [4.69, 9.17) is 14.4 Å². The van der Waals surface area contributed by atoms with E-state index in [1.807, 2.05) is 18.2 Å². The number of rotatable bonds is 8. The summed E-state index contributed by atoms with van der Waals surface area (Å²) in [4.78, 5) is 6.84. The lowest BCUT2D eigenvalue weighted by Crippen LogP contribution is -2.37. The summed E-state index contributed by atoms with van der Waals surface area (Å²) in [5, 5.41) is 12.9. The minimum absolute atomic E-state index is 0.196. The molecule has 0 unspecified atom stereocenters. The fourth-order valence-electron chi connectivity index (χ4n) is 2.95. The van der Waals surface area contributed by atoms with Crippen LogP contribution in [0.2, 0.25) is 0 Å². The molecule has 6 heteroatoms. The van der Waals surface area contributed by atoms with Crippen molar-refractivity contribution in [1.29, 1.82) is 0 Å². The van der Waals surface area contributed by atoms with Crippen molar-refractivity contribution in [1.82, 2.24) is 15.0 Å². The quantitative estimate of drug-likeness (QED) is 0.746. The molecule has 0 bridgehead atoms. The van der Waals surface area contributed by atoms with Crippen LogP contribution in [0.5, 0.6) is 0 Å². The van der Waals surface area contributed by atoms with Gasteiger partial charge in [0.1, 0.15) is 0 Å². The van der Waals surface area contributed by atoms with Gasteiger partial charge in [0.05, 0.1) is 19.1 Å². The van der Waals surface area contributed by atoms with Crippen molar-refractivity contribution in [3.8, 4) is 0 Å². The van der Waals surface area contributed by atoms with Crippen LogP contribution >= 0.6 is 0 Å². The summed E-state index contributed by atoms with van der Waals surface area (Å²) in [6, 6.07) is 10.1. The van der Waals surface area contributed by atoms with Gasteiger partial charge in [0.2, 0.25) is 5.89 Å². The van der Waals surface area contributed by atoms with Gasteiger partial charge in [0.15, 0.2) is 5.82 Å². The first kappa shape index (κ1) is 17.1. The van der Waals surface area contributed by atoms with Gasteiger partial charge in [-0.1, -0.05) is 35.5 Å². The average Bonchev–Trinajstić information content (AvgIpc) is 3.04. The maximum Gasteiger partial charge on any atom is 0.231 e. The first-order valence-electron chi connectivity index (χ1n) is 8.63. The second kappa shape index (κ2) is 8.92. The zero-order valence-corrected chi connectivity index (χ0v) is 13.9. The van der Waals surface area contributed by atoms with Crippen molar-refractivity contribution in [3.63, 3.8) is 0 Å². The van der Waals surface area contributed by atoms with E-state index in [1.54, 1.807) is 0 Å². The summed E-state index contributed by atoms with van der Waals surface area (Å²) < 4.78 is 11.1. The van der Waals surface area contributed by atoms with E-state index < -0.39 is 0 Å². The molecule has 0 radical (unpaired) electrons. The Labute approximate surface area is 142 Å². The number of likely N-dealkylation sites (tertiary alicyclic amines) is 1. The molecule has 0 aliphatic carbocycles. The fourth-order valence-corrected chi connectivity index (χ4v) is 2.95. The van der Waals surface area contributed by atoms with Gasteiger partial charge in [-0.2, -0.15) is 4.98 Å². The molecule has 1 aromatic carbocycles. The number of benzene rings is 1. The number of aliphatic hydroxyl groups excluding tert-OH is 1. The van der Waals surface area contributed by atoms with Gasteiger partial charge in [-0.25, -0.2) is 0 Å². The molecule has 1 saturated heterocycles. The van der Waals surface area contributed by atoms with Gasteiger partial charge >= 0.3 is 0 Å². The molecule has 2 heterocycles. The highest BCUT2D eigenvalue weighted by molar-refractivity contribution is 5.17. The minimum Gasteiger partial charge on any atom is -0.396 e. The van der Waals surface area contributed by atoms with Crippen molar-refractivity contribution < 1.29 is 14.4 Å². The smallest absolute Gasteiger partial charge is 0.231 e. The Bertz CT molecular complexity index is 595. The molecular formula is C18H25N3O3. The maximum absolute atomic E-state index is 8.79. The van der Waals surface area contributed by atoms with Crippen LogP contribution in [0.15, 0.2) is 34.9 Å². The van der Waals surface area contributed by atoms with Gasteiger partial charge in [-0.3, -0.25) is 4.90 Å². The summed E-state index contributed by atoms with van der Waals surface area (Å²) in [5.41, 5.74) is 1.17. The maximum atomic E-state index is 8.79. The van der Waals surface area contributed by atoms with Crippen molar-refractivity contribution in [2.24, 2.45) is 0 Å². The molecule has 1 aliphatic rings. The van der Waals surface area contributed by atoms with Gasteiger partial charge < -0.3 is 14.4 Å². The van der Waals surface area contributed by atoms with E-state index in [2.05, 4.69) is 27.2 Å². The molecule has 0 amide bonds. The first-order chi connectivity index (χ1) is 11.8. The number of aromatic nitrogens is 2. The molecule has 0 atom stereocenters. The third kappa shape index (κ3) is 5.12. The number of hydrogen-bond acceptors (Lipinski definition) is 6. The van der Waals surface area contributed by atoms with Gasteiger partial charge in [0.25, 0.3) is 0 Å². The Kier molecular flexibility index (Phi) is 6.34.